The molecule has 1 saturated heterocycles. The van der Waals surface area contributed by atoms with Crippen LogP contribution in [0, 0.1) is 11.8 Å². The van der Waals surface area contributed by atoms with Crippen LogP contribution in [0.1, 0.15) is 30.3 Å². The van der Waals surface area contributed by atoms with Crippen molar-refractivity contribution in [3.05, 3.63) is 35.0 Å². The molecule has 3 heterocycles. The molecule has 0 spiro atoms. The zero-order valence-corrected chi connectivity index (χ0v) is 17.1. The average Bonchev–Trinajstić information content (AvgIpc) is 3.14. The lowest BCUT2D eigenvalue weighted by atomic mass is 9.91. The molecule has 28 heavy (non-hydrogen) atoms. The first kappa shape index (κ1) is 20.3. The summed E-state index contributed by atoms with van der Waals surface area (Å²) in [5.41, 5.74) is 0.212. The molecular weight excluding hydrogens is 376 g/mol. The Bertz CT molecular complexity index is 879. The molecule has 1 aliphatic heterocycles. The molecule has 1 aliphatic rings. The summed E-state index contributed by atoms with van der Waals surface area (Å²) in [5.74, 6) is 6.87. The number of carbonyl (C=O) groups excluding carboxylic acids is 1. The van der Waals surface area contributed by atoms with Crippen LogP contribution in [0.5, 0.6) is 5.88 Å². The highest BCUT2D eigenvalue weighted by Crippen LogP contribution is 2.28. The van der Waals surface area contributed by atoms with E-state index in [1.54, 1.807) is 20.3 Å². The Labute approximate surface area is 169 Å². The van der Waals surface area contributed by atoms with Crippen LogP contribution in [0.3, 0.4) is 0 Å². The first-order valence-electron chi connectivity index (χ1n) is 9.06. The second-order valence-corrected chi connectivity index (χ2v) is 7.72. The van der Waals surface area contributed by atoms with Gasteiger partial charge in [-0.3, -0.25) is 9.69 Å². The van der Waals surface area contributed by atoms with Gasteiger partial charge < -0.3 is 14.8 Å². The highest BCUT2D eigenvalue weighted by Gasteiger charge is 2.33. The third-order valence-electron chi connectivity index (χ3n) is 4.62. The Morgan fingerprint density at radius 3 is 2.82 bits per heavy atom. The first-order valence-corrected chi connectivity index (χ1v) is 9.87. The molecule has 7 nitrogen and oxygen atoms in total. The van der Waals surface area contributed by atoms with Crippen LogP contribution in [0.4, 0.5) is 5.13 Å². The second-order valence-electron chi connectivity index (χ2n) is 6.60. The van der Waals surface area contributed by atoms with E-state index in [0.29, 0.717) is 16.7 Å². The summed E-state index contributed by atoms with van der Waals surface area (Å²) >= 11 is 1.51. The van der Waals surface area contributed by atoms with Crippen molar-refractivity contribution < 1.29 is 14.3 Å². The molecule has 0 aromatic carbocycles. The number of carbonyl (C=O) groups is 1. The van der Waals surface area contributed by atoms with Crippen LogP contribution in [0.25, 0.3) is 0 Å². The standard InChI is InChI=1S/C20H24N4O3S/c1-15(25)22-19-21-13-17(28-19)14-24-11-9-20(27-3,10-12-24)8-7-16-5-4-6-18(23-16)26-2/h4-6,13H,9-12,14H2,1-3H3,(H,21,22,25). The normalized spacial score (nSPS) is 16.1. The van der Waals surface area contributed by atoms with Gasteiger partial charge in [-0.25, -0.2) is 9.97 Å². The highest BCUT2D eigenvalue weighted by atomic mass is 32.1. The molecule has 2 aromatic rings. The van der Waals surface area contributed by atoms with Crippen LogP contribution in [-0.4, -0.2) is 53.7 Å². The lowest BCUT2D eigenvalue weighted by molar-refractivity contribution is -0.114. The number of amides is 1. The van der Waals surface area contributed by atoms with E-state index in [-0.39, 0.29) is 5.91 Å². The van der Waals surface area contributed by atoms with Crippen molar-refractivity contribution in [2.75, 3.05) is 32.6 Å². The molecule has 0 unspecified atom stereocenters. The molecule has 0 atom stereocenters. The summed E-state index contributed by atoms with van der Waals surface area (Å²) in [7, 11) is 3.31. The summed E-state index contributed by atoms with van der Waals surface area (Å²) in [6, 6.07) is 5.54. The minimum Gasteiger partial charge on any atom is -0.481 e. The van der Waals surface area contributed by atoms with E-state index < -0.39 is 5.60 Å². The van der Waals surface area contributed by atoms with Crippen molar-refractivity contribution in [1.82, 2.24) is 14.9 Å². The Kier molecular flexibility index (Phi) is 6.62. The molecule has 8 heteroatoms. The number of methoxy groups -OCH3 is 2. The summed E-state index contributed by atoms with van der Waals surface area (Å²) in [6.45, 7) is 4.04. The van der Waals surface area contributed by atoms with Crippen molar-refractivity contribution in [3.8, 4) is 17.7 Å². The van der Waals surface area contributed by atoms with Gasteiger partial charge in [0.1, 0.15) is 11.3 Å². The number of hydrogen-bond donors (Lipinski definition) is 1. The minimum absolute atomic E-state index is 0.104. The quantitative estimate of drug-likeness (QED) is 0.778. The van der Waals surface area contributed by atoms with Gasteiger partial charge in [-0.1, -0.05) is 12.0 Å². The molecule has 2 aromatic heterocycles. The van der Waals surface area contributed by atoms with Gasteiger partial charge in [0.25, 0.3) is 0 Å². The van der Waals surface area contributed by atoms with Crippen LogP contribution in [-0.2, 0) is 16.1 Å². The number of anilines is 1. The number of nitrogens with zero attached hydrogens (tertiary/aromatic N) is 3. The number of ether oxygens (including phenoxy) is 2. The Hall–Kier alpha value is -2.47. The van der Waals surface area contributed by atoms with Crippen molar-refractivity contribution in [1.29, 1.82) is 0 Å². The minimum atomic E-state index is -0.462. The topological polar surface area (TPSA) is 76.6 Å². The summed E-state index contributed by atoms with van der Waals surface area (Å²) in [5, 5.41) is 3.36. The molecule has 0 bridgehead atoms. The number of nitrogens with one attached hydrogen (secondary N) is 1. The van der Waals surface area contributed by atoms with E-state index in [1.807, 2.05) is 18.3 Å². The smallest absolute Gasteiger partial charge is 0.223 e. The van der Waals surface area contributed by atoms with Crippen molar-refractivity contribution in [3.63, 3.8) is 0 Å². The van der Waals surface area contributed by atoms with Crippen LogP contribution in [0.2, 0.25) is 0 Å². The summed E-state index contributed by atoms with van der Waals surface area (Å²) in [6.07, 6.45) is 3.46. The molecule has 0 radical (unpaired) electrons. The monoisotopic (exact) mass is 400 g/mol. The number of thiazole rings is 1. The fourth-order valence-corrected chi connectivity index (χ4v) is 3.94. The molecular formula is C20H24N4O3S. The maximum absolute atomic E-state index is 11.1. The van der Waals surface area contributed by atoms with Gasteiger partial charge in [-0.2, -0.15) is 0 Å². The fourth-order valence-electron chi connectivity index (χ4n) is 3.04. The van der Waals surface area contributed by atoms with Crippen molar-refractivity contribution >= 4 is 22.4 Å². The molecule has 1 fully saturated rings. The van der Waals surface area contributed by atoms with Gasteiger partial charge in [-0.15, -0.1) is 11.3 Å². The van der Waals surface area contributed by atoms with E-state index in [9.17, 15) is 4.79 Å². The van der Waals surface area contributed by atoms with E-state index in [1.165, 1.54) is 18.3 Å². The van der Waals surface area contributed by atoms with Crippen LogP contribution in [0.15, 0.2) is 24.4 Å². The van der Waals surface area contributed by atoms with Crippen LogP contribution < -0.4 is 10.1 Å². The number of hydrogen-bond acceptors (Lipinski definition) is 7. The van der Waals surface area contributed by atoms with E-state index >= 15 is 0 Å². The molecule has 1 amide bonds. The van der Waals surface area contributed by atoms with Gasteiger partial charge in [0.15, 0.2) is 5.13 Å². The van der Waals surface area contributed by atoms with Gasteiger partial charge in [-0.05, 0) is 12.0 Å². The number of rotatable bonds is 5. The fraction of sp³-hybridized carbons (Fsp3) is 0.450. The van der Waals surface area contributed by atoms with Crippen molar-refractivity contribution in [2.24, 2.45) is 0 Å². The lowest BCUT2D eigenvalue weighted by Crippen LogP contribution is -2.44. The number of aromatic nitrogens is 2. The Morgan fingerprint density at radius 1 is 1.36 bits per heavy atom. The summed E-state index contributed by atoms with van der Waals surface area (Å²) < 4.78 is 10.9. The maximum atomic E-state index is 11.1. The Balaban J connectivity index is 1.60. The van der Waals surface area contributed by atoms with E-state index in [0.717, 1.165) is 37.4 Å². The van der Waals surface area contributed by atoms with Gasteiger partial charge in [0.2, 0.25) is 11.8 Å². The Morgan fingerprint density at radius 2 is 2.14 bits per heavy atom. The molecule has 1 N–H and O–H groups in total. The predicted octanol–water partition coefficient (Wildman–Crippen LogP) is 2.54. The molecule has 0 saturated carbocycles. The second kappa shape index (κ2) is 9.15. The average molecular weight is 401 g/mol. The molecule has 3 rings (SSSR count). The van der Waals surface area contributed by atoms with Gasteiger partial charge in [0.05, 0.1) is 7.11 Å². The van der Waals surface area contributed by atoms with Gasteiger partial charge in [0, 0.05) is 63.6 Å². The van der Waals surface area contributed by atoms with Crippen molar-refractivity contribution in [2.45, 2.75) is 31.9 Å². The first-order chi connectivity index (χ1) is 13.5. The largest absolute Gasteiger partial charge is 0.481 e. The van der Waals surface area contributed by atoms with E-state index in [4.69, 9.17) is 9.47 Å². The molecule has 148 valence electrons. The van der Waals surface area contributed by atoms with Crippen LogP contribution >= 0.6 is 11.3 Å². The third-order valence-corrected chi connectivity index (χ3v) is 5.52. The number of pyridine rings is 1. The highest BCUT2D eigenvalue weighted by molar-refractivity contribution is 7.15. The maximum Gasteiger partial charge on any atom is 0.223 e. The number of likely N-dealkylation sites (tertiary alicyclic amines) is 1. The molecule has 0 aliphatic carbocycles. The van der Waals surface area contributed by atoms with E-state index in [2.05, 4.69) is 32.0 Å². The van der Waals surface area contributed by atoms with Gasteiger partial charge >= 0.3 is 0 Å². The third kappa shape index (κ3) is 5.29. The SMILES string of the molecule is COc1cccc(C#CC2(OC)CCN(Cc3cnc(NC(C)=O)s3)CC2)n1. The zero-order valence-electron chi connectivity index (χ0n) is 16.3. The lowest BCUT2D eigenvalue weighted by Gasteiger charge is -2.37. The zero-order chi connectivity index (χ0) is 20.0. The summed E-state index contributed by atoms with van der Waals surface area (Å²) in [4.78, 5) is 23.2. The predicted molar refractivity (Wildman–Crippen MR) is 108 cm³/mol. The number of piperidine rings is 1.